The van der Waals surface area contributed by atoms with Gasteiger partial charge in [-0.05, 0) is 24.3 Å². The molecule has 1 aromatic heterocycles. The Morgan fingerprint density at radius 1 is 1.42 bits per heavy atom. The molecule has 7 nitrogen and oxygen atoms in total. The van der Waals surface area contributed by atoms with Crippen LogP contribution in [0.1, 0.15) is 10.4 Å². The molecule has 1 heterocycles. The molecule has 0 atom stereocenters. The summed E-state index contributed by atoms with van der Waals surface area (Å²) in [6.45, 7) is -0.0415. The van der Waals surface area contributed by atoms with Crippen LogP contribution >= 0.6 is 0 Å². The zero-order chi connectivity index (χ0) is 13.8. The van der Waals surface area contributed by atoms with Gasteiger partial charge in [-0.1, -0.05) is 0 Å². The van der Waals surface area contributed by atoms with Crippen molar-refractivity contribution in [3.05, 3.63) is 52.3 Å². The molecule has 98 valence electrons. The second-order valence-electron chi connectivity index (χ2n) is 3.80. The Morgan fingerprint density at radius 3 is 2.63 bits per heavy atom. The third-order valence-electron chi connectivity index (χ3n) is 2.55. The fourth-order valence-corrected chi connectivity index (χ4v) is 1.55. The van der Waals surface area contributed by atoms with Gasteiger partial charge in [0, 0.05) is 5.56 Å². The maximum atomic E-state index is 11.9. The summed E-state index contributed by atoms with van der Waals surface area (Å²) in [5.41, 5.74) is 0.362. The Balaban J connectivity index is 2.08. The molecule has 2 aromatic rings. The summed E-state index contributed by atoms with van der Waals surface area (Å²) in [5, 5.41) is 14.3. The third kappa shape index (κ3) is 2.95. The molecule has 1 aromatic carbocycles. The largest absolute Gasteiger partial charge is 0.497 e. The number of ether oxygens (including phenoxy) is 1. The lowest BCUT2D eigenvalue weighted by atomic mass is 10.1. The van der Waals surface area contributed by atoms with Crippen LogP contribution in [0.25, 0.3) is 0 Å². The maximum absolute atomic E-state index is 11.9. The molecule has 0 saturated carbocycles. The van der Waals surface area contributed by atoms with Crippen molar-refractivity contribution >= 4 is 11.5 Å². The summed E-state index contributed by atoms with van der Waals surface area (Å²) in [4.78, 5) is 21.9. The molecule has 0 N–H and O–H groups in total. The van der Waals surface area contributed by atoms with Crippen LogP contribution in [0.3, 0.4) is 0 Å². The molecule has 0 amide bonds. The van der Waals surface area contributed by atoms with Crippen molar-refractivity contribution in [2.75, 3.05) is 7.11 Å². The van der Waals surface area contributed by atoms with Gasteiger partial charge in [-0.2, -0.15) is 5.10 Å². The summed E-state index contributed by atoms with van der Waals surface area (Å²) in [5.74, 6) is 0.479. The van der Waals surface area contributed by atoms with E-state index in [-0.39, 0.29) is 18.0 Å². The molecule has 2 rings (SSSR count). The van der Waals surface area contributed by atoms with Crippen LogP contribution in [0.2, 0.25) is 0 Å². The molecule has 7 heteroatoms. The number of Topliss-reactive ketones (excluding diaryl/α,β-unsaturated/α-hetero) is 1. The van der Waals surface area contributed by atoms with Gasteiger partial charge in [0.15, 0.2) is 5.78 Å². The molecule has 0 aliphatic heterocycles. The predicted molar refractivity (Wildman–Crippen MR) is 66.2 cm³/mol. The van der Waals surface area contributed by atoms with Crippen LogP contribution in [0, 0.1) is 10.1 Å². The number of methoxy groups -OCH3 is 1. The Labute approximate surface area is 108 Å². The normalized spacial score (nSPS) is 10.2. The third-order valence-corrected chi connectivity index (χ3v) is 2.55. The standard InChI is InChI=1S/C12H11N3O4/c1-19-11-4-2-9(3-5-11)12(16)8-14-7-10(6-13-14)15(17)18/h2-7H,8H2,1H3. The quantitative estimate of drug-likeness (QED) is 0.464. The summed E-state index contributed by atoms with van der Waals surface area (Å²) in [7, 11) is 1.54. The van der Waals surface area contributed by atoms with E-state index < -0.39 is 4.92 Å². The number of carbonyl (C=O) groups is 1. The Morgan fingerprint density at radius 2 is 2.11 bits per heavy atom. The second kappa shape index (κ2) is 5.30. The van der Waals surface area contributed by atoms with E-state index in [4.69, 9.17) is 4.74 Å². The summed E-state index contributed by atoms with van der Waals surface area (Å²) >= 11 is 0. The van der Waals surface area contributed by atoms with Crippen LogP contribution in [-0.2, 0) is 6.54 Å². The predicted octanol–water partition coefficient (Wildman–Crippen LogP) is 1.68. The molecule has 0 bridgehead atoms. The summed E-state index contributed by atoms with van der Waals surface area (Å²) < 4.78 is 6.23. The van der Waals surface area contributed by atoms with Gasteiger partial charge in [0.2, 0.25) is 0 Å². The fourth-order valence-electron chi connectivity index (χ4n) is 1.55. The first-order valence-electron chi connectivity index (χ1n) is 5.44. The number of carbonyl (C=O) groups excluding carboxylic acids is 1. The molecule has 0 spiro atoms. The number of nitro groups is 1. The van der Waals surface area contributed by atoms with E-state index in [1.807, 2.05) is 0 Å². The minimum atomic E-state index is -0.554. The summed E-state index contributed by atoms with van der Waals surface area (Å²) in [6.07, 6.45) is 2.34. The van der Waals surface area contributed by atoms with E-state index >= 15 is 0 Å². The maximum Gasteiger partial charge on any atom is 0.307 e. The number of nitrogens with zero attached hydrogens (tertiary/aromatic N) is 3. The van der Waals surface area contributed by atoms with Crippen molar-refractivity contribution in [2.24, 2.45) is 0 Å². The second-order valence-corrected chi connectivity index (χ2v) is 3.80. The summed E-state index contributed by atoms with van der Waals surface area (Å²) in [6, 6.07) is 6.63. The van der Waals surface area contributed by atoms with Crippen molar-refractivity contribution in [2.45, 2.75) is 6.54 Å². The van der Waals surface area contributed by atoms with Gasteiger partial charge in [-0.25, -0.2) is 0 Å². The van der Waals surface area contributed by atoms with Crippen LogP contribution in [0.15, 0.2) is 36.7 Å². The Hall–Kier alpha value is -2.70. The molecule has 0 saturated heterocycles. The van der Waals surface area contributed by atoms with Crippen LogP contribution in [0.5, 0.6) is 5.75 Å². The van der Waals surface area contributed by atoms with Crippen LogP contribution < -0.4 is 4.74 Å². The highest BCUT2D eigenvalue weighted by Crippen LogP contribution is 2.13. The lowest BCUT2D eigenvalue weighted by molar-refractivity contribution is -0.385. The van der Waals surface area contributed by atoms with Gasteiger partial charge in [0.1, 0.15) is 24.7 Å². The molecule has 0 unspecified atom stereocenters. The van der Waals surface area contributed by atoms with Gasteiger partial charge >= 0.3 is 5.69 Å². The molecule has 0 radical (unpaired) electrons. The minimum absolute atomic E-state index is 0.0415. The first-order chi connectivity index (χ1) is 9.10. The zero-order valence-corrected chi connectivity index (χ0v) is 10.1. The highest BCUT2D eigenvalue weighted by molar-refractivity contribution is 5.95. The van der Waals surface area contributed by atoms with Crippen molar-refractivity contribution in [3.8, 4) is 5.75 Å². The topological polar surface area (TPSA) is 87.3 Å². The van der Waals surface area contributed by atoms with Gasteiger partial charge in [0.25, 0.3) is 0 Å². The SMILES string of the molecule is COc1ccc(C(=O)Cn2cc([N+](=O)[O-])cn2)cc1. The number of benzene rings is 1. The fraction of sp³-hybridized carbons (Fsp3) is 0.167. The number of rotatable bonds is 5. The molecule has 19 heavy (non-hydrogen) atoms. The van der Waals surface area contributed by atoms with Crippen molar-refractivity contribution < 1.29 is 14.5 Å². The van der Waals surface area contributed by atoms with E-state index in [2.05, 4.69) is 5.10 Å². The highest BCUT2D eigenvalue weighted by Gasteiger charge is 2.12. The first kappa shape index (κ1) is 12.7. The van der Waals surface area contributed by atoms with Crippen molar-refractivity contribution in [1.82, 2.24) is 9.78 Å². The van der Waals surface area contributed by atoms with E-state index in [1.54, 1.807) is 31.4 Å². The first-order valence-corrected chi connectivity index (χ1v) is 5.44. The minimum Gasteiger partial charge on any atom is -0.497 e. The number of ketones is 1. The molecule has 0 fully saturated rings. The lowest BCUT2D eigenvalue weighted by Crippen LogP contribution is -2.10. The van der Waals surface area contributed by atoms with E-state index in [0.717, 1.165) is 6.20 Å². The van der Waals surface area contributed by atoms with E-state index in [0.29, 0.717) is 11.3 Å². The van der Waals surface area contributed by atoms with Crippen molar-refractivity contribution in [3.63, 3.8) is 0 Å². The van der Waals surface area contributed by atoms with Gasteiger partial charge < -0.3 is 4.74 Å². The number of hydrogen-bond acceptors (Lipinski definition) is 5. The number of aromatic nitrogens is 2. The molecular formula is C12H11N3O4. The molecule has 0 aliphatic carbocycles. The highest BCUT2D eigenvalue weighted by atomic mass is 16.6. The molecular weight excluding hydrogens is 250 g/mol. The van der Waals surface area contributed by atoms with E-state index in [1.165, 1.54) is 10.9 Å². The average Bonchev–Trinajstić information content (AvgIpc) is 2.87. The smallest absolute Gasteiger partial charge is 0.307 e. The van der Waals surface area contributed by atoms with Crippen LogP contribution in [-0.4, -0.2) is 27.6 Å². The number of hydrogen-bond donors (Lipinski definition) is 0. The van der Waals surface area contributed by atoms with E-state index in [9.17, 15) is 14.9 Å². The monoisotopic (exact) mass is 261 g/mol. The van der Waals surface area contributed by atoms with Crippen molar-refractivity contribution in [1.29, 1.82) is 0 Å². The Kier molecular flexibility index (Phi) is 3.56. The van der Waals surface area contributed by atoms with Gasteiger partial charge in [0.05, 0.1) is 12.0 Å². The average molecular weight is 261 g/mol. The zero-order valence-electron chi connectivity index (χ0n) is 10.1. The van der Waals surface area contributed by atoms with Gasteiger partial charge in [-0.3, -0.25) is 19.6 Å². The Bertz CT molecular complexity index is 604. The van der Waals surface area contributed by atoms with Gasteiger partial charge in [-0.15, -0.1) is 0 Å². The van der Waals surface area contributed by atoms with Crippen LogP contribution in [0.4, 0.5) is 5.69 Å². The lowest BCUT2D eigenvalue weighted by Gasteiger charge is -2.03. The molecule has 0 aliphatic rings.